The van der Waals surface area contributed by atoms with E-state index in [1.54, 1.807) is 17.6 Å². The smallest absolute Gasteiger partial charge is 0.296 e. The van der Waals surface area contributed by atoms with Crippen molar-refractivity contribution in [1.29, 1.82) is 0 Å². The van der Waals surface area contributed by atoms with Crippen LogP contribution >= 0.6 is 22.9 Å². The van der Waals surface area contributed by atoms with Crippen molar-refractivity contribution in [1.82, 2.24) is 14.7 Å². The molecule has 3 rings (SSSR count). The van der Waals surface area contributed by atoms with Gasteiger partial charge < -0.3 is 0 Å². The van der Waals surface area contributed by atoms with Crippen molar-refractivity contribution in [3.05, 3.63) is 67.6 Å². The third kappa shape index (κ3) is 2.88. The number of thiazole rings is 1. The molecule has 21 heavy (non-hydrogen) atoms. The van der Waals surface area contributed by atoms with E-state index in [4.69, 9.17) is 11.6 Å². The van der Waals surface area contributed by atoms with E-state index >= 15 is 0 Å². The average Bonchev–Trinajstić information content (AvgIpc) is 3.07. The number of aromatic nitrogens is 3. The molecule has 0 fully saturated rings. The molecule has 2 aromatic heterocycles. The molecule has 0 aliphatic heterocycles. The van der Waals surface area contributed by atoms with E-state index < -0.39 is 11.6 Å². The van der Waals surface area contributed by atoms with Crippen molar-refractivity contribution in [3.63, 3.8) is 0 Å². The number of hydrogen-bond donors (Lipinski definition) is 0. The predicted molar refractivity (Wildman–Crippen MR) is 76.2 cm³/mol. The van der Waals surface area contributed by atoms with Crippen molar-refractivity contribution < 1.29 is 8.91 Å². The Morgan fingerprint density at radius 2 is 2.29 bits per heavy atom. The average molecular weight is 326 g/mol. The molecule has 8 heteroatoms. The van der Waals surface area contributed by atoms with Crippen LogP contribution in [0.15, 0.2) is 39.1 Å². The first-order valence-corrected chi connectivity index (χ1v) is 7.27. The summed E-state index contributed by atoms with van der Waals surface area (Å²) in [4.78, 5) is 15.8. The lowest BCUT2D eigenvalue weighted by molar-refractivity contribution is 0.375. The van der Waals surface area contributed by atoms with Gasteiger partial charge in [0.1, 0.15) is 10.8 Å². The molecule has 0 N–H and O–H groups in total. The van der Waals surface area contributed by atoms with Crippen LogP contribution in [-0.4, -0.2) is 14.7 Å². The Kier molecular flexibility index (Phi) is 3.85. The quantitative estimate of drug-likeness (QED) is 0.740. The van der Waals surface area contributed by atoms with Gasteiger partial charge in [-0.05, 0) is 12.1 Å². The third-order valence-corrected chi connectivity index (χ3v) is 4.05. The van der Waals surface area contributed by atoms with Gasteiger partial charge in [0.2, 0.25) is 0 Å². The highest BCUT2D eigenvalue weighted by Gasteiger charge is 2.16. The predicted octanol–water partition coefficient (Wildman–Crippen LogP) is 2.72. The van der Waals surface area contributed by atoms with E-state index in [1.165, 1.54) is 28.0 Å². The summed E-state index contributed by atoms with van der Waals surface area (Å²) in [6.07, 6.45) is 1.72. The highest BCUT2D eigenvalue weighted by atomic mass is 35.5. The second kappa shape index (κ2) is 5.79. The van der Waals surface area contributed by atoms with Crippen LogP contribution in [-0.2, 0) is 13.0 Å². The van der Waals surface area contributed by atoms with E-state index in [0.717, 1.165) is 5.01 Å². The lowest BCUT2D eigenvalue weighted by Crippen LogP contribution is -2.18. The molecule has 3 aromatic rings. The number of rotatable bonds is 4. The van der Waals surface area contributed by atoms with E-state index in [9.17, 15) is 9.18 Å². The molecule has 5 nitrogen and oxygen atoms in total. The number of halogens is 2. The van der Waals surface area contributed by atoms with E-state index in [0.29, 0.717) is 5.82 Å². The number of benzene rings is 1. The van der Waals surface area contributed by atoms with Crippen molar-refractivity contribution in [2.24, 2.45) is 0 Å². The van der Waals surface area contributed by atoms with Crippen LogP contribution < -0.4 is 5.76 Å². The molecule has 0 amide bonds. The van der Waals surface area contributed by atoms with Crippen molar-refractivity contribution in [2.75, 3.05) is 0 Å². The second-order valence-corrected chi connectivity index (χ2v) is 5.64. The highest BCUT2D eigenvalue weighted by molar-refractivity contribution is 7.09. The van der Waals surface area contributed by atoms with Gasteiger partial charge in [-0.25, -0.2) is 14.2 Å². The van der Waals surface area contributed by atoms with Gasteiger partial charge in [0.15, 0.2) is 5.82 Å². The first kappa shape index (κ1) is 14.0. The molecule has 0 saturated carbocycles. The lowest BCUT2D eigenvalue weighted by atomic mass is 10.1. The first-order chi connectivity index (χ1) is 10.1. The molecule has 0 radical (unpaired) electrons. The molecule has 0 aliphatic carbocycles. The van der Waals surface area contributed by atoms with Crippen LogP contribution in [0.2, 0.25) is 5.02 Å². The molecule has 2 heterocycles. The maximum Gasteiger partial charge on any atom is 0.442 e. The zero-order valence-electron chi connectivity index (χ0n) is 10.6. The molecule has 0 aliphatic rings. The Morgan fingerprint density at radius 3 is 3.00 bits per heavy atom. The topological polar surface area (TPSA) is 60.9 Å². The SMILES string of the molecule is O=c1onc(Cc2c(F)cccc2Cl)n1Cc1nccs1. The van der Waals surface area contributed by atoms with Crippen LogP contribution in [0, 0.1) is 5.82 Å². The Balaban J connectivity index is 1.95. The van der Waals surface area contributed by atoms with Crippen LogP contribution in [0.5, 0.6) is 0 Å². The minimum Gasteiger partial charge on any atom is -0.296 e. The summed E-state index contributed by atoms with van der Waals surface area (Å²) < 4.78 is 19.8. The fourth-order valence-corrected chi connectivity index (χ4v) is 2.74. The summed E-state index contributed by atoms with van der Waals surface area (Å²) in [7, 11) is 0. The van der Waals surface area contributed by atoms with Crippen LogP contribution in [0.1, 0.15) is 16.4 Å². The van der Waals surface area contributed by atoms with Gasteiger partial charge >= 0.3 is 5.76 Å². The molecule has 108 valence electrons. The van der Waals surface area contributed by atoms with Crippen LogP contribution in [0.3, 0.4) is 0 Å². The van der Waals surface area contributed by atoms with Gasteiger partial charge in [-0.1, -0.05) is 22.8 Å². The van der Waals surface area contributed by atoms with Crippen LogP contribution in [0.25, 0.3) is 0 Å². The molecule has 0 atom stereocenters. The minimum atomic E-state index is -0.604. The van der Waals surface area contributed by atoms with E-state index in [-0.39, 0.29) is 23.6 Å². The lowest BCUT2D eigenvalue weighted by Gasteiger charge is -2.05. The fraction of sp³-hybridized carbons (Fsp3) is 0.154. The molecule has 0 unspecified atom stereocenters. The molecule has 0 saturated heterocycles. The monoisotopic (exact) mass is 325 g/mol. The Labute approximate surface area is 127 Å². The van der Waals surface area contributed by atoms with Gasteiger partial charge in [-0.15, -0.1) is 11.3 Å². The Morgan fingerprint density at radius 1 is 1.43 bits per heavy atom. The van der Waals surface area contributed by atoms with Gasteiger partial charge in [0, 0.05) is 28.6 Å². The van der Waals surface area contributed by atoms with Gasteiger partial charge in [-0.2, -0.15) is 0 Å². The summed E-state index contributed by atoms with van der Waals surface area (Å²) in [6.45, 7) is 0.238. The van der Waals surface area contributed by atoms with Crippen molar-refractivity contribution in [2.45, 2.75) is 13.0 Å². The number of hydrogen-bond acceptors (Lipinski definition) is 5. The van der Waals surface area contributed by atoms with Crippen molar-refractivity contribution in [3.8, 4) is 0 Å². The minimum absolute atomic E-state index is 0.0720. The molecular weight excluding hydrogens is 317 g/mol. The Hall–Kier alpha value is -1.99. The largest absolute Gasteiger partial charge is 0.442 e. The summed E-state index contributed by atoms with van der Waals surface area (Å²) in [5.41, 5.74) is 0.278. The van der Waals surface area contributed by atoms with Crippen LogP contribution in [0.4, 0.5) is 4.39 Å². The van der Waals surface area contributed by atoms with E-state index in [2.05, 4.69) is 14.7 Å². The zero-order chi connectivity index (χ0) is 14.8. The summed E-state index contributed by atoms with van der Waals surface area (Å²) in [5.74, 6) is -0.742. The third-order valence-electron chi connectivity index (χ3n) is 2.93. The molecule has 1 aromatic carbocycles. The maximum atomic E-state index is 13.8. The highest BCUT2D eigenvalue weighted by Crippen LogP contribution is 2.21. The number of nitrogens with zero attached hydrogens (tertiary/aromatic N) is 3. The summed E-state index contributed by atoms with van der Waals surface area (Å²) >= 11 is 7.40. The normalized spacial score (nSPS) is 11.0. The molecule has 0 bridgehead atoms. The summed E-state index contributed by atoms with van der Waals surface area (Å²) in [6, 6.07) is 4.42. The second-order valence-electron chi connectivity index (χ2n) is 4.25. The molecule has 0 spiro atoms. The van der Waals surface area contributed by atoms with Gasteiger partial charge in [-0.3, -0.25) is 9.09 Å². The Bertz CT molecular complexity index is 793. The van der Waals surface area contributed by atoms with Crippen molar-refractivity contribution >= 4 is 22.9 Å². The fourth-order valence-electron chi connectivity index (χ4n) is 1.90. The maximum absolute atomic E-state index is 13.8. The standard InChI is InChI=1S/C13H9ClFN3O2S/c14-9-2-1-3-10(15)8(9)6-11-17-20-13(19)18(11)7-12-16-4-5-21-12/h1-5H,6-7H2. The van der Waals surface area contributed by atoms with E-state index in [1.807, 2.05) is 0 Å². The van der Waals surface area contributed by atoms with Gasteiger partial charge in [0.25, 0.3) is 0 Å². The van der Waals surface area contributed by atoms with Gasteiger partial charge in [0.05, 0.1) is 6.54 Å². The zero-order valence-corrected chi connectivity index (χ0v) is 12.2. The summed E-state index contributed by atoms with van der Waals surface area (Å²) in [5, 5.41) is 6.53. The molecular formula is C13H9ClFN3O2S. The first-order valence-electron chi connectivity index (χ1n) is 6.02.